The van der Waals surface area contributed by atoms with Gasteiger partial charge in [0.25, 0.3) is 0 Å². The van der Waals surface area contributed by atoms with Crippen LogP contribution in [-0.2, 0) is 4.79 Å². The molecule has 0 saturated carbocycles. The molecule has 0 aliphatic heterocycles. The van der Waals surface area contributed by atoms with Crippen LogP contribution in [-0.4, -0.2) is 39.6 Å². The van der Waals surface area contributed by atoms with Gasteiger partial charge in [0.1, 0.15) is 5.75 Å². The number of aromatic nitrogens is 3. The van der Waals surface area contributed by atoms with E-state index in [1.807, 2.05) is 73.9 Å². The number of aryl methyl sites for hydroxylation is 1. The zero-order chi connectivity index (χ0) is 20.1. The van der Waals surface area contributed by atoms with Crippen molar-refractivity contribution in [2.24, 2.45) is 0 Å². The van der Waals surface area contributed by atoms with E-state index in [4.69, 9.17) is 4.74 Å². The molecule has 28 heavy (non-hydrogen) atoms. The van der Waals surface area contributed by atoms with E-state index in [2.05, 4.69) is 15.5 Å². The van der Waals surface area contributed by atoms with E-state index in [1.54, 1.807) is 7.11 Å². The van der Waals surface area contributed by atoms with Gasteiger partial charge in [-0.1, -0.05) is 41.6 Å². The van der Waals surface area contributed by atoms with Crippen LogP contribution in [0.25, 0.3) is 17.1 Å². The number of carbonyl (C=O) groups excluding carboxylic acids is 1. The van der Waals surface area contributed by atoms with E-state index < -0.39 is 0 Å². The summed E-state index contributed by atoms with van der Waals surface area (Å²) in [6.45, 7) is 5.93. The van der Waals surface area contributed by atoms with Gasteiger partial charge in [0, 0.05) is 11.7 Å². The van der Waals surface area contributed by atoms with Crippen LogP contribution in [0.1, 0.15) is 19.4 Å². The second-order valence-electron chi connectivity index (χ2n) is 6.69. The first-order chi connectivity index (χ1) is 13.5. The monoisotopic (exact) mass is 396 g/mol. The number of hydrogen-bond acceptors (Lipinski definition) is 5. The van der Waals surface area contributed by atoms with Gasteiger partial charge in [-0.3, -0.25) is 9.36 Å². The molecule has 1 heterocycles. The predicted octanol–water partition coefficient (Wildman–Crippen LogP) is 3.87. The van der Waals surface area contributed by atoms with Gasteiger partial charge < -0.3 is 10.1 Å². The Morgan fingerprint density at radius 3 is 2.54 bits per heavy atom. The highest BCUT2D eigenvalue weighted by Gasteiger charge is 2.19. The summed E-state index contributed by atoms with van der Waals surface area (Å²) in [7, 11) is 1.64. The minimum Gasteiger partial charge on any atom is -0.496 e. The van der Waals surface area contributed by atoms with Gasteiger partial charge in [0.2, 0.25) is 5.91 Å². The number of rotatable bonds is 7. The first-order valence-electron chi connectivity index (χ1n) is 9.07. The lowest BCUT2D eigenvalue weighted by Gasteiger charge is -2.13. The Bertz CT molecular complexity index is 951. The summed E-state index contributed by atoms with van der Waals surface area (Å²) in [5.74, 6) is 1.64. The van der Waals surface area contributed by atoms with Gasteiger partial charge >= 0.3 is 0 Å². The average Bonchev–Trinajstić information content (AvgIpc) is 3.10. The number of benzene rings is 2. The predicted molar refractivity (Wildman–Crippen MR) is 112 cm³/mol. The largest absolute Gasteiger partial charge is 0.496 e. The van der Waals surface area contributed by atoms with Crippen LogP contribution in [0.3, 0.4) is 0 Å². The molecule has 0 saturated heterocycles. The molecule has 0 unspecified atom stereocenters. The van der Waals surface area contributed by atoms with Gasteiger partial charge in [-0.15, -0.1) is 10.2 Å². The Labute approximate surface area is 169 Å². The number of amides is 1. The third-order valence-corrected chi connectivity index (χ3v) is 4.98. The number of para-hydroxylation sites is 1. The third kappa shape index (κ3) is 4.54. The van der Waals surface area contributed by atoms with Crippen LogP contribution in [0.4, 0.5) is 0 Å². The number of thioether (sulfide) groups is 1. The lowest BCUT2D eigenvalue weighted by molar-refractivity contribution is -0.119. The molecule has 0 fully saturated rings. The molecule has 7 heteroatoms. The number of hydrogen-bond donors (Lipinski definition) is 1. The van der Waals surface area contributed by atoms with Crippen molar-refractivity contribution in [3.8, 4) is 22.8 Å². The Morgan fingerprint density at radius 1 is 1.14 bits per heavy atom. The van der Waals surface area contributed by atoms with Crippen molar-refractivity contribution < 1.29 is 9.53 Å². The normalized spacial score (nSPS) is 10.9. The summed E-state index contributed by atoms with van der Waals surface area (Å²) in [5, 5.41) is 12.3. The molecule has 0 aliphatic carbocycles. The van der Waals surface area contributed by atoms with Crippen LogP contribution < -0.4 is 10.1 Å². The first kappa shape index (κ1) is 19.9. The molecule has 0 aliphatic rings. The Kier molecular flexibility index (Phi) is 6.36. The maximum absolute atomic E-state index is 12.1. The molecule has 6 nitrogen and oxygen atoms in total. The highest BCUT2D eigenvalue weighted by Crippen LogP contribution is 2.33. The Hall–Kier alpha value is -2.80. The molecule has 146 valence electrons. The number of carbonyl (C=O) groups is 1. The van der Waals surface area contributed by atoms with E-state index in [0.717, 1.165) is 17.0 Å². The van der Waals surface area contributed by atoms with E-state index in [9.17, 15) is 4.79 Å². The highest BCUT2D eigenvalue weighted by atomic mass is 32.2. The van der Waals surface area contributed by atoms with Crippen molar-refractivity contribution in [1.82, 2.24) is 20.1 Å². The van der Waals surface area contributed by atoms with Crippen LogP contribution in [0.5, 0.6) is 5.75 Å². The van der Waals surface area contributed by atoms with Gasteiger partial charge in [-0.05, 0) is 45.0 Å². The summed E-state index contributed by atoms with van der Waals surface area (Å²) in [6, 6.07) is 15.9. The number of nitrogens with one attached hydrogen (secondary N) is 1. The lowest BCUT2D eigenvalue weighted by Crippen LogP contribution is -2.31. The van der Waals surface area contributed by atoms with Gasteiger partial charge in [0.15, 0.2) is 11.0 Å². The SMILES string of the molecule is COc1ccccc1-c1nnc(SCC(=O)NC(C)C)n1-c1ccc(C)cc1. The van der Waals surface area contributed by atoms with Gasteiger partial charge in [0.05, 0.1) is 18.4 Å². The maximum Gasteiger partial charge on any atom is 0.230 e. The van der Waals surface area contributed by atoms with Crippen LogP contribution in [0, 0.1) is 6.92 Å². The minimum absolute atomic E-state index is 0.0303. The maximum atomic E-state index is 12.1. The molecular formula is C21H24N4O2S. The van der Waals surface area contributed by atoms with Crippen LogP contribution in [0.15, 0.2) is 53.7 Å². The van der Waals surface area contributed by atoms with Crippen molar-refractivity contribution in [3.63, 3.8) is 0 Å². The van der Waals surface area contributed by atoms with E-state index in [1.165, 1.54) is 17.3 Å². The standard InChI is InChI=1S/C21H24N4O2S/c1-14(2)22-19(26)13-28-21-24-23-20(17-7-5-6-8-18(17)27-4)25(21)16-11-9-15(3)10-12-16/h5-12,14H,13H2,1-4H3,(H,22,26). The lowest BCUT2D eigenvalue weighted by atomic mass is 10.1. The summed E-state index contributed by atoms with van der Waals surface area (Å²) >= 11 is 1.36. The first-order valence-corrected chi connectivity index (χ1v) is 10.1. The second-order valence-corrected chi connectivity index (χ2v) is 7.63. The molecule has 3 aromatic rings. The molecule has 3 rings (SSSR count). The van der Waals surface area contributed by atoms with E-state index >= 15 is 0 Å². The molecule has 1 aromatic heterocycles. The van der Waals surface area contributed by atoms with Crippen LogP contribution in [0.2, 0.25) is 0 Å². The third-order valence-electron chi connectivity index (χ3n) is 4.06. The van der Waals surface area contributed by atoms with Crippen molar-refractivity contribution in [2.45, 2.75) is 32.0 Å². The molecule has 0 bridgehead atoms. The highest BCUT2D eigenvalue weighted by molar-refractivity contribution is 7.99. The number of methoxy groups -OCH3 is 1. The van der Waals surface area contributed by atoms with Crippen molar-refractivity contribution in [3.05, 3.63) is 54.1 Å². The molecular weight excluding hydrogens is 372 g/mol. The number of nitrogens with zero attached hydrogens (tertiary/aromatic N) is 3. The molecule has 1 amide bonds. The fourth-order valence-corrected chi connectivity index (χ4v) is 3.55. The quantitative estimate of drug-likeness (QED) is 0.614. The zero-order valence-corrected chi connectivity index (χ0v) is 17.3. The summed E-state index contributed by atoms with van der Waals surface area (Å²) in [4.78, 5) is 12.1. The van der Waals surface area contributed by atoms with Crippen LogP contribution >= 0.6 is 11.8 Å². The Morgan fingerprint density at radius 2 is 1.86 bits per heavy atom. The summed E-state index contributed by atoms with van der Waals surface area (Å²) in [5.41, 5.74) is 2.95. The average molecular weight is 397 g/mol. The van der Waals surface area contributed by atoms with E-state index in [-0.39, 0.29) is 17.7 Å². The zero-order valence-electron chi connectivity index (χ0n) is 16.5. The number of ether oxygens (including phenoxy) is 1. The fourth-order valence-electron chi connectivity index (χ4n) is 2.79. The van der Waals surface area contributed by atoms with Crippen molar-refractivity contribution >= 4 is 17.7 Å². The minimum atomic E-state index is -0.0303. The summed E-state index contributed by atoms with van der Waals surface area (Å²) in [6.07, 6.45) is 0. The van der Waals surface area contributed by atoms with Crippen molar-refractivity contribution in [1.29, 1.82) is 0 Å². The van der Waals surface area contributed by atoms with Gasteiger partial charge in [-0.2, -0.15) is 0 Å². The fraction of sp³-hybridized carbons (Fsp3) is 0.286. The van der Waals surface area contributed by atoms with E-state index in [0.29, 0.717) is 11.0 Å². The molecule has 1 N–H and O–H groups in total. The smallest absolute Gasteiger partial charge is 0.230 e. The molecule has 0 radical (unpaired) electrons. The van der Waals surface area contributed by atoms with Crippen molar-refractivity contribution in [2.75, 3.05) is 12.9 Å². The topological polar surface area (TPSA) is 69.0 Å². The second kappa shape index (κ2) is 8.93. The Balaban J connectivity index is 2.02. The van der Waals surface area contributed by atoms with Gasteiger partial charge in [-0.25, -0.2) is 0 Å². The molecule has 0 atom stereocenters. The molecule has 0 spiro atoms. The molecule has 2 aromatic carbocycles. The summed E-state index contributed by atoms with van der Waals surface area (Å²) < 4.78 is 7.47.